The van der Waals surface area contributed by atoms with E-state index in [9.17, 15) is 28.4 Å². The van der Waals surface area contributed by atoms with Gasteiger partial charge in [-0.2, -0.15) is 0 Å². The van der Waals surface area contributed by atoms with Crippen molar-refractivity contribution in [1.29, 1.82) is 0 Å². The van der Waals surface area contributed by atoms with Crippen LogP contribution in [0.3, 0.4) is 0 Å². The quantitative estimate of drug-likeness (QED) is 0.144. The first-order valence-corrected chi connectivity index (χ1v) is 18.2. The summed E-state index contributed by atoms with van der Waals surface area (Å²) >= 11 is -0.394. The second kappa shape index (κ2) is 14.7. The topological polar surface area (TPSA) is 142 Å². The normalized spacial score (nSPS) is 16.2. The molecule has 1 heterocycles. The molecule has 0 spiro atoms. The number of benzene rings is 3. The number of non-ortho nitro benzene ring substituents is 1. The second-order valence-corrected chi connectivity index (χ2v) is 14.6. The third kappa shape index (κ3) is 8.56. The molecule has 1 saturated heterocycles. The van der Waals surface area contributed by atoms with Crippen LogP contribution in [0, 0.1) is 10.1 Å². The van der Waals surface area contributed by atoms with Crippen LogP contribution in [0.15, 0.2) is 72.8 Å². The van der Waals surface area contributed by atoms with E-state index in [1.165, 1.54) is 10.4 Å². The summed E-state index contributed by atoms with van der Waals surface area (Å²) in [4.78, 5) is 24.3. The number of nitro groups is 1. The van der Waals surface area contributed by atoms with Gasteiger partial charge in [0.15, 0.2) is 0 Å². The summed E-state index contributed by atoms with van der Waals surface area (Å²) in [5.74, 6) is -0.329. The number of aliphatic hydroxyl groups is 1. The van der Waals surface area contributed by atoms with Gasteiger partial charge in [-0.15, -0.1) is 0 Å². The van der Waals surface area contributed by atoms with Gasteiger partial charge >= 0.3 is 254 Å². The van der Waals surface area contributed by atoms with Gasteiger partial charge in [-0.3, -0.25) is 0 Å². The van der Waals surface area contributed by atoms with Gasteiger partial charge in [-0.1, -0.05) is 0 Å². The van der Waals surface area contributed by atoms with Crippen molar-refractivity contribution in [1.82, 2.24) is 5.32 Å². The number of aliphatic hydroxyl groups excluding tert-OH is 1. The monoisotopic (exact) mass is 655 g/mol. The Morgan fingerprint density at radius 1 is 1.07 bits per heavy atom. The van der Waals surface area contributed by atoms with Crippen molar-refractivity contribution in [3.05, 3.63) is 99.6 Å². The molecule has 2 atom stereocenters. The number of amides is 1. The Hall–Kier alpha value is -3.40. The van der Waals surface area contributed by atoms with Crippen molar-refractivity contribution in [3.63, 3.8) is 0 Å². The van der Waals surface area contributed by atoms with E-state index in [2.05, 4.69) is 10.6 Å². The Kier molecular flexibility index (Phi) is 11.0. The summed E-state index contributed by atoms with van der Waals surface area (Å²) in [6.45, 7) is 2.88. The first kappa shape index (κ1) is 31.5. The Morgan fingerprint density at radius 3 is 2.55 bits per heavy atom. The van der Waals surface area contributed by atoms with Crippen molar-refractivity contribution in [2.45, 2.75) is 48.7 Å². The maximum absolute atomic E-state index is 13.6. The Labute approximate surface area is 253 Å². The van der Waals surface area contributed by atoms with Crippen LogP contribution in [0.1, 0.15) is 41.3 Å². The number of nitrogens with one attached hydrogen (secondary N) is 2. The van der Waals surface area contributed by atoms with E-state index in [0.717, 1.165) is 17.5 Å². The zero-order valence-corrected chi connectivity index (χ0v) is 26.2. The number of rotatable bonds is 13. The summed E-state index contributed by atoms with van der Waals surface area (Å²) < 4.78 is 27.0. The number of hydrogen-bond donors (Lipinski definition) is 3. The summed E-state index contributed by atoms with van der Waals surface area (Å²) in [7, 11) is -3.47. The van der Waals surface area contributed by atoms with Gasteiger partial charge in [0.05, 0.1) is 0 Å². The standard InChI is InChI=1S/C30H36AsN4O6S/c1-2-32-25-17-24(18-27(19-25)34-13-6-7-14-42(34,40)41)30(37)33-28(16-22-9-4-3-5-10-22)29(36)21-31-20-23-11-8-12-26(15-23)35(38)39/h3-5,8-12,15,17-19,28-29,32,36H,2,6-7,13-14,16,20-21H2,1H3,(H,33,37)/t28-,29-/m0/s1. The van der Waals surface area contributed by atoms with E-state index in [-0.39, 0.29) is 11.4 Å². The van der Waals surface area contributed by atoms with Crippen LogP contribution in [0.2, 0.25) is 5.21 Å². The Balaban J connectivity index is 1.53. The van der Waals surface area contributed by atoms with Gasteiger partial charge in [-0.25, -0.2) is 0 Å². The van der Waals surface area contributed by atoms with Gasteiger partial charge in [-0.05, 0) is 0 Å². The summed E-state index contributed by atoms with van der Waals surface area (Å²) in [6.07, 6.45) is 0.927. The molecule has 0 bridgehead atoms. The van der Waals surface area contributed by atoms with E-state index in [0.29, 0.717) is 53.3 Å². The number of hydrogen-bond acceptors (Lipinski definition) is 7. The third-order valence-corrected chi connectivity index (χ3v) is 11.4. The molecule has 1 fully saturated rings. The molecule has 223 valence electrons. The minimum absolute atomic E-state index is 0.0416. The molecule has 42 heavy (non-hydrogen) atoms. The number of carbonyl (C=O) groups excluding carboxylic acids is 1. The first-order valence-electron chi connectivity index (χ1n) is 13.9. The molecular weight excluding hydrogens is 619 g/mol. The number of nitrogens with zero attached hydrogens (tertiary/aromatic N) is 2. The van der Waals surface area contributed by atoms with E-state index in [1.54, 1.807) is 30.3 Å². The van der Waals surface area contributed by atoms with Crippen LogP contribution >= 0.6 is 0 Å². The number of nitro benzene ring substituents is 1. The SMILES string of the molecule is CCNc1cc(C(=O)N[C@@H](Cc2ccccc2)[C@@H](O)C[As]Cc2cccc([N+](=O)[O-])c2)cc(N2CCCCS2(=O)=O)c1. The number of carbonyl (C=O) groups is 1. The van der Waals surface area contributed by atoms with E-state index in [4.69, 9.17) is 0 Å². The minimum atomic E-state index is -3.47. The molecule has 1 aliphatic heterocycles. The predicted octanol–water partition coefficient (Wildman–Crippen LogP) is 3.98. The van der Waals surface area contributed by atoms with Crippen LogP contribution in [-0.2, 0) is 21.7 Å². The molecule has 0 saturated carbocycles. The van der Waals surface area contributed by atoms with E-state index >= 15 is 0 Å². The average molecular weight is 656 g/mol. The van der Waals surface area contributed by atoms with Crippen LogP contribution < -0.4 is 14.9 Å². The van der Waals surface area contributed by atoms with Crippen molar-refractivity contribution in [3.8, 4) is 0 Å². The van der Waals surface area contributed by atoms with Crippen LogP contribution in [-0.4, -0.2) is 71.1 Å². The molecule has 1 amide bonds. The molecule has 0 aliphatic carbocycles. The summed E-state index contributed by atoms with van der Waals surface area (Å²) in [5.41, 5.74) is 3.24. The molecule has 0 aromatic heterocycles. The molecule has 0 unspecified atom stereocenters. The van der Waals surface area contributed by atoms with Gasteiger partial charge in [0.1, 0.15) is 0 Å². The zero-order chi connectivity index (χ0) is 30.1. The van der Waals surface area contributed by atoms with Crippen molar-refractivity contribution >= 4 is 48.7 Å². The predicted molar refractivity (Wildman–Crippen MR) is 166 cm³/mol. The maximum atomic E-state index is 13.6. The molecule has 3 N–H and O–H groups in total. The van der Waals surface area contributed by atoms with Crippen molar-refractivity contribution in [2.75, 3.05) is 28.5 Å². The molecular formula is C30H36AsN4O6S. The molecule has 1 aliphatic rings. The fraction of sp³-hybridized carbons (Fsp3) is 0.367. The fourth-order valence-corrected chi connectivity index (χ4v) is 8.83. The number of anilines is 2. The molecule has 3 aromatic carbocycles. The van der Waals surface area contributed by atoms with Gasteiger partial charge in [0.2, 0.25) is 0 Å². The van der Waals surface area contributed by atoms with Gasteiger partial charge < -0.3 is 0 Å². The van der Waals surface area contributed by atoms with Gasteiger partial charge in [0, 0.05) is 0 Å². The fourth-order valence-electron chi connectivity index (χ4n) is 4.90. The van der Waals surface area contributed by atoms with Crippen molar-refractivity contribution in [2.24, 2.45) is 0 Å². The number of sulfonamides is 1. The van der Waals surface area contributed by atoms with Crippen molar-refractivity contribution < 1.29 is 23.2 Å². The Morgan fingerprint density at radius 2 is 1.83 bits per heavy atom. The molecule has 4 rings (SSSR count). The van der Waals surface area contributed by atoms with Crippen LogP contribution in [0.4, 0.5) is 17.1 Å². The molecule has 12 heteroatoms. The zero-order valence-electron chi connectivity index (χ0n) is 23.5. The van der Waals surface area contributed by atoms with Crippen LogP contribution in [0.5, 0.6) is 0 Å². The second-order valence-electron chi connectivity index (χ2n) is 10.2. The molecule has 3 aromatic rings. The van der Waals surface area contributed by atoms with E-state index in [1.807, 2.05) is 43.3 Å². The summed E-state index contributed by atoms with van der Waals surface area (Å²) in [6, 6.07) is 20.5. The average Bonchev–Trinajstić information content (AvgIpc) is 2.97. The Bertz CT molecular complexity index is 1490. The van der Waals surface area contributed by atoms with Crippen LogP contribution in [0.25, 0.3) is 0 Å². The van der Waals surface area contributed by atoms with E-state index < -0.39 is 48.8 Å². The third-order valence-electron chi connectivity index (χ3n) is 7.01. The molecule has 1 radical (unpaired) electrons. The molecule has 10 nitrogen and oxygen atoms in total. The first-order chi connectivity index (χ1) is 20.2. The summed E-state index contributed by atoms with van der Waals surface area (Å²) in [5, 5.41) is 29.7. The van der Waals surface area contributed by atoms with Gasteiger partial charge in [0.25, 0.3) is 0 Å².